The normalized spacial score (nSPS) is 14.6. The molecule has 2 heterocycles. The SMILES string of the molecule is COc1cccc(-c2nc3ccc(C(=O)N(CC(C)C)CC(C)C)cc3n2CCCN2CCCCC2)c1. The third-order valence-electron chi connectivity index (χ3n) is 7.09. The molecule has 37 heavy (non-hydrogen) atoms. The van der Waals surface area contributed by atoms with Crippen molar-refractivity contribution < 1.29 is 9.53 Å². The molecule has 1 amide bonds. The first-order valence-electron chi connectivity index (χ1n) is 14.0. The first kappa shape index (κ1) is 27.2. The Labute approximate surface area is 222 Å². The second-order valence-electron chi connectivity index (χ2n) is 11.3. The molecule has 4 rings (SSSR count). The number of ether oxygens (including phenoxy) is 1. The Morgan fingerprint density at radius 2 is 1.70 bits per heavy atom. The lowest BCUT2D eigenvalue weighted by Gasteiger charge is -2.27. The van der Waals surface area contributed by atoms with Gasteiger partial charge < -0.3 is 19.1 Å². The van der Waals surface area contributed by atoms with Crippen LogP contribution in [-0.4, -0.2) is 65.1 Å². The van der Waals surface area contributed by atoms with E-state index in [4.69, 9.17) is 9.72 Å². The topological polar surface area (TPSA) is 50.6 Å². The summed E-state index contributed by atoms with van der Waals surface area (Å²) in [7, 11) is 1.69. The highest BCUT2D eigenvalue weighted by atomic mass is 16.5. The number of fused-ring (bicyclic) bond motifs is 1. The van der Waals surface area contributed by atoms with Gasteiger partial charge in [-0.15, -0.1) is 0 Å². The van der Waals surface area contributed by atoms with E-state index in [1.165, 1.54) is 32.4 Å². The van der Waals surface area contributed by atoms with Crippen LogP contribution in [0.1, 0.15) is 63.7 Å². The number of carbonyl (C=O) groups excluding carboxylic acids is 1. The van der Waals surface area contributed by atoms with Crippen LogP contribution in [-0.2, 0) is 6.54 Å². The van der Waals surface area contributed by atoms with Crippen molar-refractivity contribution in [1.29, 1.82) is 0 Å². The molecule has 2 aromatic carbocycles. The number of hydrogen-bond donors (Lipinski definition) is 0. The second-order valence-corrected chi connectivity index (χ2v) is 11.3. The molecule has 1 aromatic heterocycles. The van der Waals surface area contributed by atoms with Crippen LogP contribution in [0.2, 0.25) is 0 Å². The maximum absolute atomic E-state index is 13.6. The van der Waals surface area contributed by atoms with E-state index in [9.17, 15) is 4.79 Å². The number of rotatable bonds is 11. The van der Waals surface area contributed by atoms with Gasteiger partial charge in [-0.1, -0.05) is 46.2 Å². The maximum atomic E-state index is 13.6. The van der Waals surface area contributed by atoms with E-state index < -0.39 is 0 Å². The molecular weight excluding hydrogens is 460 g/mol. The number of likely N-dealkylation sites (tertiary alicyclic amines) is 1. The Balaban J connectivity index is 1.69. The average Bonchev–Trinajstić information content (AvgIpc) is 3.26. The lowest BCUT2D eigenvalue weighted by Crippen LogP contribution is -2.37. The first-order valence-corrected chi connectivity index (χ1v) is 14.0. The number of imidazole rings is 1. The van der Waals surface area contributed by atoms with Gasteiger partial charge in [-0.25, -0.2) is 4.98 Å². The molecule has 1 aliphatic heterocycles. The predicted molar refractivity (Wildman–Crippen MR) is 152 cm³/mol. The summed E-state index contributed by atoms with van der Waals surface area (Å²) in [5, 5.41) is 0. The highest BCUT2D eigenvalue weighted by molar-refractivity contribution is 5.98. The number of methoxy groups -OCH3 is 1. The zero-order valence-electron chi connectivity index (χ0n) is 23.4. The first-order chi connectivity index (χ1) is 17.9. The molecule has 0 unspecified atom stereocenters. The van der Waals surface area contributed by atoms with Crippen LogP contribution in [0, 0.1) is 11.8 Å². The molecule has 6 nitrogen and oxygen atoms in total. The number of hydrogen-bond acceptors (Lipinski definition) is 4. The van der Waals surface area contributed by atoms with Crippen LogP contribution in [0.3, 0.4) is 0 Å². The molecule has 6 heteroatoms. The molecule has 0 atom stereocenters. The van der Waals surface area contributed by atoms with Gasteiger partial charge in [0.1, 0.15) is 11.6 Å². The minimum Gasteiger partial charge on any atom is -0.497 e. The van der Waals surface area contributed by atoms with Crippen molar-refractivity contribution in [2.45, 2.75) is 59.9 Å². The number of amides is 1. The van der Waals surface area contributed by atoms with Crippen molar-refractivity contribution in [1.82, 2.24) is 19.4 Å². The summed E-state index contributed by atoms with van der Waals surface area (Å²) in [5.41, 5.74) is 3.72. The quantitative estimate of drug-likeness (QED) is 0.306. The molecule has 0 N–H and O–H groups in total. The third-order valence-corrected chi connectivity index (χ3v) is 7.09. The van der Waals surface area contributed by atoms with Crippen molar-refractivity contribution in [2.24, 2.45) is 11.8 Å². The molecule has 0 radical (unpaired) electrons. The molecule has 0 aliphatic carbocycles. The summed E-state index contributed by atoms with van der Waals surface area (Å²) in [6.45, 7) is 14.6. The predicted octanol–water partition coefficient (Wildman–Crippen LogP) is 6.34. The van der Waals surface area contributed by atoms with Gasteiger partial charge >= 0.3 is 0 Å². The molecule has 1 fully saturated rings. The second kappa shape index (κ2) is 12.6. The van der Waals surface area contributed by atoms with Crippen molar-refractivity contribution in [2.75, 3.05) is 39.8 Å². The van der Waals surface area contributed by atoms with Gasteiger partial charge in [0, 0.05) is 30.8 Å². The Hall–Kier alpha value is -2.86. The van der Waals surface area contributed by atoms with Gasteiger partial charge in [0.25, 0.3) is 5.91 Å². The van der Waals surface area contributed by atoms with E-state index in [1.807, 2.05) is 35.2 Å². The van der Waals surface area contributed by atoms with Gasteiger partial charge in [-0.2, -0.15) is 0 Å². The summed E-state index contributed by atoms with van der Waals surface area (Å²) in [6.07, 6.45) is 5.01. The van der Waals surface area contributed by atoms with E-state index in [1.54, 1.807) is 7.11 Å². The number of carbonyl (C=O) groups is 1. The van der Waals surface area contributed by atoms with Gasteiger partial charge in [0.05, 0.1) is 18.1 Å². The van der Waals surface area contributed by atoms with Crippen molar-refractivity contribution in [3.63, 3.8) is 0 Å². The van der Waals surface area contributed by atoms with Crippen molar-refractivity contribution in [3.8, 4) is 17.1 Å². The summed E-state index contributed by atoms with van der Waals surface area (Å²) in [5.74, 6) is 2.70. The van der Waals surface area contributed by atoms with Gasteiger partial charge in [-0.3, -0.25) is 4.79 Å². The molecular formula is C31H44N4O2. The van der Waals surface area contributed by atoms with E-state index >= 15 is 0 Å². The summed E-state index contributed by atoms with van der Waals surface area (Å²) in [6, 6.07) is 14.1. The van der Waals surface area contributed by atoms with Crippen LogP contribution >= 0.6 is 0 Å². The largest absolute Gasteiger partial charge is 0.497 e. The fourth-order valence-electron chi connectivity index (χ4n) is 5.40. The van der Waals surface area contributed by atoms with E-state index in [0.717, 1.165) is 66.3 Å². The highest BCUT2D eigenvalue weighted by Crippen LogP contribution is 2.29. The standard InChI is InChI=1S/C31H44N4O2/c1-23(2)21-34(22-24(3)4)31(36)26-13-14-28-29(20-26)35(18-10-17-33-15-7-6-8-16-33)30(32-28)25-11-9-12-27(19-25)37-5/h9,11-14,19-20,23-24H,6-8,10,15-18,21-22H2,1-5H3. The summed E-state index contributed by atoms with van der Waals surface area (Å²) >= 11 is 0. The minimum atomic E-state index is 0.105. The Morgan fingerprint density at radius 1 is 0.973 bits per heavy atom. The Bertz CT molecular complexity index is 1170. The molecule has 200 valence electrons. The fourth-order valence-corrected chi connectivity index (χ4v) is 5.40. The molecule has 0 bridgehead atoms. The van der Waals surface area contributed by atoms with Crippen LogP contribution < -0.4 is 4.74 Å². The maximum Gasteiger partial charge on any atom is 0.253 e. The lowest BCUT2D eigenvalue weighted by molar-refractivity contribution is 0.0715. The van der Waals surface area contributed by atoms with E-state index in [-0.39, 0.29) is 5.91 Å². The summed E-state index contributed by atoms with van der Waals surface area (Å²) < 4.78 is 7.80. The Morgan fingerprint density at radius 3 is 2.38 bits per heavy atom. The molecule has 0 saturated carbocycles. The van der Waals surface area contributed by atoms with Crippen LogP contribution in [0.4, 0.5) is 0 Å². The zero-order chi connectivity index (χ0) is 26.4. The summed E-state index contributed by atoms with van der Waals surface area (Å²) in [4.78, 5) is 23.3. The van der Waals surface area contributed by atoms with Crippen LogP contribution in [0.15, 0.2) is 42.5 Å². The molecule has 3 aromatic rings. The van der Waals surface area contributed by atoms with Gasteiger partial charge in [-0.05, 0) is 81.1 Å². The van der Waals surface area contributed by atoms with E-state index in [0.29, 0.717) is 11.8 Å². The van der Waals surface area contributed by atoms with E-state index in [2.05, 4.69) is 49.3 Å². The highest BCUT2D eigenvalue weighted by Gasteiger charge is 2.21. The number of aryl methyl sites for hydroxylation is 1. The monoisotopic (exact) mass is 504 g/mol. The van der Waals surface area contributed by atoms with Crippen LogP contribution in [0.25, 0.3) is 22.4 Å². The van der Waals surface area contributed by atoms with Crippen LogP contribution in [0.5, 0.6) is 5.75 Å². The molecule has 1 saturated heterocycles. The number of aromatic nitrogens is 2. The van der Waals surface area contributed by atoms with Crippen molar-refractivity contribution >= 4 is 16.9 Å². The third kappa shape index (κ3) is 6.92. The number of benzene rings is 2. The number of piperidine rings is 1. The van der Waals surface area contributed by atoms with Gasteiger partial charge in [0.15, 0.2) is 0 Å². The smallest absolute Gasteiger partial charge is 0.253 e. The van der Waals surface area contributed by atoms with Crippen molar-refractivity contribution in [3.05, 3.63) is 48.0 Å². The Kier molecular flexibility index (Phi) is 9.25. The fraction of sp³-hybridized carbons (Fsp3) is 0.548. The van der Waals surface area contributed by atoms with Gasteiger partial charge in [0.2, 0.25) is 0 Å². The molecule has 0 spiro atoms. The molecule has 1 aliphatic rings. The lowest BCUT2D eigenvalue weighted by atomic mass is 10.1. The average molecular weight is 505 g/mol. The minimum absolute atomic E-state index is 0.105. The number of nitrogens with zero attached hydrogens (tertiary/aromatic N) is 4. The zero-order valence-corrected chi connectivity index (χ0v) is 23.4.